The van der Waals surface area contributed by atoms with Gasteiger partial charge in [0.2, 0.25) is 0 Å². The highest BCUT2D eigenvalue weighted by Crippen LogP contribution is 2.68. The lowest BCUT2D eigenvalue weighted by Gasteiger charge is -2.36. The number of thiophene rings is 2. The van der Waals surface area contributed by atoms with Crippen LogP contribution in [0.2, 0.25) is 0 Å². The van der Waals surface area contributed by atoms with Gasteiger partial charge in [0.1, 0.15) is 11.3 Å². The summed E-state index contributed by atoms with van der Waals surface area (Å²) in [6.07, 6.45) is 0. The van der Waals surface area contributed by atoms with Gasteiger partial charge in [0.05, 0.1) is 31.9 Å². The smallest absolute Gasteiger partial charge is 0.140 e. The van der Waals surface area contributed by atoms with E-state index in [-0.39, 0.29) is 0 Å². The Bertz CT molecular complexity index is 4180. The standard InChI is InChI=1S/C63H38N2OS2/c1-3-18-39(19-4-1)64(53-31-15-26-46-44-23-9-13-34-56(44)67-61(46)53)41-36-37-43-42-22-7-11-29-50(42)63(51(43)38-41)58-49(60-59(63)48-25-8-12-33-55(48)66-60)28-17-30-52(58)65(40-20-5-2-6-21-40)54-32-16-27-47-45-24-10-14-35-57(45)68-62(47)54/h1-38H. The molecule has 3 heterocycles. The Kier molecular flexibility index (Phi) is 8.03. The molecule has 5 heteroatoms. The number of benzene rings is 10. The first-order chi connectivity index (χ1) is 33.8. The lowest BCUT2D eigenvalue weighted by atomic mass is 9.69. The van der Waals surface area contributed by atoms with Crippen molar-refractivity contribution in [3.8, 4) is 22.5 Å². The molecule has 1 spiro atoms. The van der Waals surface area contributed by atoms with Crippen molar-refractivity contribution in [2.75, 3.05) is 9.80 Å². The predicted molar refractivity (Wildman–Crippen MR) is 288 cm³/mol. The van der Waals surface area contributed by atoms with Crippen molar-refractivity contribution in [2.24, 2.45) is 0 Å². The van der Waals surface area contributed by atoms with Crippen molar-refractivity contribution in [3.05, 3.63) is 253 Å². The van der Waals surface area contributed by atoms with E-state index in [1.807, 2.05) is 22.7 Å². The molecule has 2 aliphatic carbocycles. The molecule has 68 heavy (non-hydrogen) atoms. The molecule has 0 saturated carbocycles. The second kappa shape index (κ2) is 14.4. The van der Waals surface area contributed by atoms with Gasteiger partial charge in [-0.3, -0.25) is 0 Å². The average molecular weight is 903 g/mol. The third-order valence-corrected chi connectivity index (χ3v) is 16.9. The minimum atomic E-state index is -0.761. The van der Waals surface area contributed by atoms with Gasteiger partial charge in [0.15, 0.2) is 0 Å². The van der Waals surface area contributed by atoms with E-state index >= 15 is 0 Å². The lowest BCUT2D eigenvalue weighted by molar-refractivity contribution is 0.628. The Morgan fingerprint density at radius 1 is 0.338 bits per heavy atom. The fourth-order valence-electron chi connectivity index (χ4n) is 11.8. The van der Waals surface area contributed by atoms with Gasteiger partial charge in [-0.2, -0.15) is 0 Å². The number of nitrogens with zero attached hydrogens (tertiary/aromatic N) is 2. The summed E-state index contributed by atoms with van der Waals surface area (Å²) in [6.45, 7) is 0. The summed E-state index contributed by atoms with van der Waals surface area (Å²) in [4.78, 5) is 5.00. The van der Waals surface area contributed by atoms with E-state index in [1.54, 1.807) is 0 Å². The van der Waals surface area contributed by atoms with Crippen LogP contribution >= 0.6 is 22.7 Å². The van der Waals surface area contributed by atoms with Crippen LogP contribution in [-0.2, 0) is 5.41 Å². The number of hydrogen-bond donors (Lipinski definition) is 0. The highest BCUT2D eigenvalue weighted by Gasteiger charge is 2.56. The molecule has 2 aliphatic rings. The normalized spacial score (nSPS) is 14.5. The van der Waals surface area contributed by atoms with Crippen LogP contribution in [0.3, 0.4) is 0 Å². The van der Waals surface area contributed by atoms with Crippen molar-refractivity contribution < 1.29 is 4.42 Å². The summed E-state index contributed by atoms with van der Waals surface area (Å²) >= 11 is 3.74. The van der Waals surface area contributed by atoms with E-state index in [1.165, 1.54) is 73.7 Å². The third-order valence-electron chi connectivity index (χ3n) is 14.4. The third kappa shape index (κ3) is 5.12. The van der Waals surface area contributed by atoms with Gasteiger partial charge < -0.3 is 14.2 Å². The molecular weight excluding hydrogens is 865 g/mol. The van der Waals surface area contributed by atoms with Crippen LogP contribution in [0.1, 0.15) is 22.3 Å². The molecule has 15 rings (SSSR count). The van der Waals surface area contributed by atoms with E-state index in [0.717, 1.165) is 56.4 Å². The number of rotatable bonds is 6. The number of furan rings is 1. The minimum Gasteiger partial charge on any atom is -0.456 e. The molecule has 0 N–H and O–H groups in total. The SMILES string of the molecule is c1ccc(N(c2ccc3c(c2)C2(c4ccccc4-3)c3c(cccc3N(c3ccccc3)c3cccc4c3sc3ccccc34)-c3oc4ccccc4c32)c2cccc3c2sc2ccccc23)cc1. The fourth-order valence-corrected chi connectivity index (χ4v) is 14.2. The highest BCUT2D eigenvalue weighted by molar-refractivity contribution is 7.26. The number of anilines is 6. The minimum absolute atomic E-state index is 0.761. The predicted octanol–water partition coefficient (Wildman–Crippen LogP) is 18.5. The summed E-state index contributed by atoms with van der Waals surface area (Å²) in [5.74, 6) is 0.930. The monoisotopic (exact) mass is 902 g/mol. The summed E-state index contributed by atoms with van der Waals surface area (Å²) < 4.78 is 12.3. The molecule has 10 aromatic carbocycles. The van der Waals surface area contributed by atoms with Gasteiger partial charge in [0, 0.05) is 70.1 Å². The summed E-state index contributed by atoms with van der Waals surface area (Å²) in [7, 11) is 0. The van der Waals surface area contributed by atoms with E-state index in [0.29, 0.717) is 0 Å². The Morgan fingerprint density at radius 3 is 1.56 bits per heavy atom. The first-order valence-electron chi connectivity index (χ1n) is 23.2. The van der Waals surface area contributed by atoms with Crippen LogP contribution in [0.4, 0.5) is 34.1 Å². The van der Waals surface area contributed by atoms with E-state index in [9.17, 15) is 0 Å². The van der Waals surface area contributed by atoms with Crippen LogP contribution in [-0.4, -0.2) is 0 Å². The van der Waals surface area contributed by atoms with Gasteiger partial charge in [0.25, 0.3) is 0 Å². The first-order valence-corrected chi connectivity index (χ1v) is 24.8. The van der Waals surface area contributed by atoms with Crippen LogP contribution in [0.15, 0.2) is 235 Å². The largest absolute Gasteiger partial charge is 0.456 e. The van der Waals surface area contributed by atoms with Gasteiger partial charge in [-0.15, -0.1) is 22.7 Å². The molecule has 0 bridgehead atoms. The van der Waals surface area contributed by atoms with Gasteiger partial charge in [-0.25, -0.2) is 0 Å². The Hall–Kier alpha value is -8.22. The molecule has 3 nitrogen and oxygen atoms in total. The van der Waals surface area contributed by atoms with E-state index in [2.05, 4.69) is 240 Å². The Balaban J connectivity index is 1.06. The van der Waals surface area contributed by atoms with Gasteiger partial charge in [-0.05, 0) is 95.1 Å². The molecular formula is C63H38N2OS2. The number of para-hydroxylation sites is 3. The van der Waals surface area contributed by atoms with Gasteiger partial charge >= 0.3 is 0 Å². The van der Waals surface area contributed by atoms with Crippen LogP contribution in [0.25, 0.3) is 73.8 Å². The molecule has 0 amide bonds. The second-order valence-corrected chi connectivity index (χ2v) is 20.0. The Labute approximate surface area is 400 Å². The highest BCUT2D eigenvalue weighted by atomic mass is 32.1. The molecule has 0 radical (unpaired) electrons. The topological polar surface area (TPSA) is 19.6 Å². The fraction of sp³-hybridized carbons (Fsp3) is 0.0159. The quantitative estimate of drug-likeness (QED) is 0.166. The maximum Gasteiger partial charge on any atom is 0.140 e. The van der Waals surface area contributed by atoms with Crippen molar-refractivity contribution in [1.82, 2.24) is 0 Å². The molecule has 3 aromatic heterocycles. The average Bonchev–Trinajstić information content (AvgIpc) is 4.21. The second-order valence-electron chi connectivity index (χ2n) is 17.9. The number of fused-ring (bicyclic) bond motifs is 18. The zero-order chi connectivity index (χ0) is 44.5. The summed E-state index contributed by atoms with van der Waals surface area (Å²) in [5.41, 5.74) is 15.4. The van der Waals surface area contributed by atoms with Crippen LogP contribution < -0.4 is 9.80 Å². The Morgan fingerprint density at radius 2 is 0.853 bits per heavy atom. The zero-order valence-electron chi connectivity index (χ0n) is 36.6. The van der Waals surface area contributed by atoms with E-state index < -0.39 is 5.41 Å². The summed E-state index contributed by atoms with van der Waals surface area (Å²) in [5, 5.41) is 6.23. The zero-order valence-corrected chi connectivity index (χ0v) is 38.2. The van der Waals surface area contributed by atoms with Crippen molar-refractivity contribution in [3.63, 3.8) is 0 Å². The number of hydrogen-bond acceptors (Lipinski definition) is 5. The molecule has 0 aliphatic heterocycles. The first kappa shape index (κ1) is 37.9. The van der Waals surface area contributed by atoms with Crippen LogP contribution in [0.5, 0.6) is 0 Å². The molecule has 13 aromatic rings. The maximum atomic E-state index is 7.18. The van der Waals surface area contributed by atoms with Crippen LogP contribution in [0, 0.1) is 0 Å². The summed E-state index contributed by atoms with van der Waals surface area (Å²) in [6, 6.07) is 84.9. The van der Waals surface area contributed by atoms with Crippen molar-refractivity contribution in [1.29, 1.82) is 0 Å². The molecule has 318 valence electrons. The van der Waals surface area contributed by atoms with Crippen molar-refractivity contribution in [2.45, 2.75) is 5.41 Å². The lowest BCUT2D eigenvalue weighted by Crippen LogP contribution is -2.28. The maximum absolute atomic E-state index is 7.18. The van der Waals surface area contributed by atoms with Crippen molar-refractivity contribution >= 4 is 108 Å². The molecule has 1 unspecified atom stereocenters. The molecule has 1 atom stereocenters. The molecule has 0 saturated heterocycles. The van der Waals surface area contributed by atoms with Gasteiger partial charge in [-0.1, -0.05) is 158 Å². The molecule has 0 fully saturated rings. The van der Waals surface area contributed by atoms with E-state index in [4.69, 9.17) is 4.42 Å².